The quantitative estimate of drug-likeness (QED) is 0.817. The normalized spacial score (nSPS) is 13.0. The molecule has 0 aliphatic carbocycles. The fraction of sp³-hybridized carbons (Fsp3) is 0.571. The van der Waals surface area contributed by atoms with Gasteiger partial charge in [0.15, 0.2) is 5.13 Å². The van der Waals surface area contributed by atoms with Crippen LogP contribution in [0.25, 0.3) is 0 Å². The van der Waals surface area contributed by atoms with Crippen LogP contribution in [0.4, 0.5) is 5.13 Å². The number of likely N-dealkylation sites (N-methyl/N-ethyl adjacent to an activating group) is 1. The van der Waals surface area contributed by atoms with Crippen molar-refractivity contribution in [3.05, 3.63) is 10.5 Å². The average molecular weight is 207 g/mol. The molecule has 0 radical (unpaired) electrons. The molecule has 68 valence electrons. The van der Waals surface area contributed by atoms with E-state index in [2.05, 4.69) is 4.98 Å². The van der Waals surface area contributed by atoms with E-state index in [0.29, 0.717) is 4.34 Å². The molecule has 1 aromatic heterocycles. The summed E-state index contributed by atoms with van der Waals surface area (Å²) in [5.74, 6) is 0. The summed E-state index contributed by atoms with van der Waals surface area (Å²) >= 11 is 7.13. The summed E-state index contributed by atoms with van der Waals surface area (Å²) in [4.78, 5) is 5.99. The highest BCUT2D eigenvalue weighted by molar-refractivity contribution is 7.19. The van der Waals surface area contributed by atoms with Crippen molar-refractivity contribution in [2.45, 2.75) is 13.0 Å². The van der Waals surface area contributed by atoms with E-state index in [0.717, 1.165) is 5.13 Å². The summed E-state index contributed by atoms with van der Waals surface area (Å²) in [6.45, 7) is 2.04. The summed E-state index contributed by atoms with van der Waals surface area (Å²) in [6, 6.07) is 0.0761. The van der Waals surface area contributed by atoms with Crippen molar-refractivity contribution in [1.29, 1.82) is 0 Å². The molecule has 1 atom stereocenters. The molecule has 1 rings (SSSR count). The number of hydrogen-bond acceptors (Lipinski definition) is 4. The molecule has 0 aliphatic rings. The van der Waals surface area contributed by atoms with E-state index < -0.39 is 0 Å². The number of hydrogen-bond donors (Lipinski definition) is 1. The number of aliphatic hydroxyl groups is 1. The molecule has 0 saturated carbocycles. The van der Waals surface area contributed by atoms with E-state index in [-0.39, 0.29) is 12.6 Å². The van der Waals surface area contributed by atoms with Crippen LogP contribution in [0.15, 0.2) is 6.20 Å². The van der Waals surface area contributed by atoms with Gasteiger partial charge in [-0.15, -0.1) is 0 Å². The molecule has 1 aromatic rings. The third-order valence-corrected chi connectivity index (χ3v) is 2.90. The number of anilines is 1. The maximum Gasteiger partial charge on any atom is 0.186 e. The Morgan fingerprint density at radius 1 is 1.83 bits per heavy atom. The van der Waals surface area contributed by atoms with Crippen molar-refractivity contribution < 1.29 is 5.11 Å². The lowest BCUT2D eigenvalue weighted by Gasteiger charge is -2.21. The van der Waals surface area contributed by atoms with Crippen molar-refractivity contribution in [2.75, 3.05) is 18.6 Å². The first-order valence-corrected chi connectivity index (χ1v) is 4.79. The molecule has 0 fully saturated rings. The smallest absolute Gasteiger partial charge is 0.186 e. The summed E-state index contributed by atoms with van der Waals surface area (Å²) in [5.41, 5.74) is 0. The zero-order valence-electron chi connectivity index (χ0n) is 6.99. The fourth-order valence-corrected chi connectivity index (χ4v) is 1.68. The van der Waals surface area contributed by atoms with E-state index in [1.54, 1.807) is 6.20 Å². The van der Waals surface area contributed by atoms with Crippen LogP contribution in [0.1, 0.15) is 6.92 Å². The molecule has 1 heterocycles. The van der Waals surface area contributed by atoms with Crippen LogP contribution in [0, 0.1) is 0 Å². The lowest BCUT2D eigenvalue weighted by atomic mass is 10.3. The first-order chi connectivity index (χ1) is 5.65. The van der Waals surface area contributed by atoms with E-state index in [4.69, 9.17) is 16.7 Å². The van der Waals surface area contributed by atoms with Gasteiger partial charge in [0.2, 0.25) is 0 Å². The Balaban J connectivity index is 2.70. The van der Waals surface area contributed by atoms with Crippen LogP contribution in [-0.2, 0) is 0 Å². The van der Waals surface area contributed by atoms with E-state index in [1.165, 1.54) is 11.3 Å². The average Bonchev–Trinajstić information content (AvgIpc) is 2.49. The summed E-state index contributed by atoms with van der Waals surface area (Å²) < 4.78 is 0.669. The minimum atomic E-state index is 0.0761. The summed E-state index contributed by atoms with van der Waals surface area (Å²) in [5, 5.41) is 9.71. The second kappa shape index (κ2) is 4.07. The van der Waals surface area contributed by atoms with Gasteiger partial charge in [-0.25, -0.2) is 4.98 Å². The number of halogens is 1. The lowest BCUT2D eigenvalue weighted by Crippen LogP contribution is -2.31. The number of aromatic nitrogens is 1. The molecule has 1 N–H and O–H groups in total. The maximum absolute atomic E-state index is 8.88. The maximum atomic E-state index is 8.88. The van der Waals surface area contributed by atoms with Gasteiger partial charge in [-0.2, -0.15) is 0 Å². The molecular weight excluding hydrogens is 196 g/mol. The first kappa shape index (κ1) is 9.77. The second-order valence-electron chi connectivity index (χ2n) is 2.59. The molecule has 0 amide bonds. The standard InChI is InChI=1S/C7H11ClN2OS/c1-5(4-11)10(2)7-9-3-6(8)12-7/h3,5,11H,4H2,1-2H3. The number of rotatable bonds is 3. The summed E-state index contributed by atoms with van der Waals surface area (Å²) in [7, 11) is 1.88. The van der Waals surface area contributed by atoms with Crippen LogP contribution in [0.2, 0.25) is 4.34 Å². The van der Waals surface area contributed by atoms with Crippen LogP contribution >= 0.6 is 22.9 Å². The van der Waals surface area contributed by atoms with Gasteiger partial charge in [-0.3, -0.25) is 0 Å². The molecule has 12 heavy (non-hydrogen) atoms. The van der Waals surface area contributed by atoms with Gasteiger partial charge in [-0.05, 0) is 6.92 Å². The van der Waals surface area contributed by atoms with Crippen LogP contribution in [-0.4, -0.2) is 29.8 Å². The molecule has 0 spiro atoms. The predicted octanol–water partition coefficient (Wildman–Crippen LogP) is 1.61. The van der Waals surface area contributed by atoms with Crippen molar-refractivity contribution >= 4 is 28.1 Å². The Kier molecular flexibility index (Phi) is 3.31. The van der Waals surface area contributed by atoms with Crippen LogP contribution < -0.4 is 4.90 Å². The van der Waals surface area contributed by atoms with Crippen molar-refractivity contribution in [3.63, 3.8) is 0 Å². The molecule has 3 nitrogen and oxygen atoms in total. The SMILES string of the molecule is CC(CO)N(C)c1ncc(Cl)s1. The Bertz CT molecular complexity index is 253. The molecular formula is C7H11ClN2OS. The van der Waals surface area contributed by atoms with Gasteiger partial charge < -0.3 is 10.0 Å². The fourth-order valence-electron chi connectivity index (χ4n) is 0.720. The third kappa shape index (κ3) is 2.09. The zero-order chi connectivity index (χ0) is 9.14. The lowest BCUT2D eigenvalue weighted by molar-refractivity contribution is 0.270. The van der Waals surface area contributed by atoms with Crippen molar-refractivity contribution in [1.82, 2.24) is 4.98 Å². The minimum absolute atomic E-state index is 0.0761. The Labute approximate surface area is 80.6 Å². The van der Waals surface area contributed by atoms with E-state index in [9.17, 15) is 0 Å². The summed E-state index contributed by atoms with van der Waals surface area (Å²) in [6.07, 6.45) is 1.61. The Hall–Kier alpha value is -0.320. The highest BCUT2D eigenvalue weighted by Crippen LogP contribution is 2.26. The van der Waals surface area contributed by atoms with Gasteiger partial charge in [0.1, 0.15) is 4.34 Å². The molecule has 0 saturated heterocycles. The third-order valence-electron chi connectivity index (χ3n) is 1.69. The highest BCUT2D eigenvalue weighted by Gasteiger charge is 2.11. The largest absolute Gasteiger partial charge is 0.394 e. The number of aliphatic hydroxyl groups excluding tert-OH is 1. The molecule has 5 heteroatoms. The predicted molar refractivity (Wildman–Crippen MR) is 52.1 cm³/mol. The highest BCUT2D eigenvalue weighted by atomic mass is 35.5. The van der Waals surface area contributed by atoms with E-state index >= 15 is 0 Å². The zero-order valence-corrected chi connectivity index (χ0v) is 8.56. The number of nitrogens with zero attached hydrogens (tertiary/aromatic N) is 2. The monoisotopic (exact) mass is 206 g/mol. The second-order valence-corrected chi connectivity index (χ2v) is 4.23. The first-order valence-electron chi connectivity index (χ1n) is 3.60. The Morgan fingerprint density at radius 2 is 2.50 bits per heavy atom. The van der Waals surface area contributed by atoms with Crippen LogP contribution in [0.3, 0.4) is 0 Å². The van der Waals surface area contributed by atoms with Gasteiger partial charge in [-0.1, -0.05) is 22.9 Å². The number of thiazole rings is 1. The topological polar surface area (TPSA) is 36.4 Å². The van der Waals surface area contributed by atoms with Gasteiger partial charge in [0.05, 0.1) is 18.8 Å². The molecule has 0 bridgehead atoms. The van der Waals surface area contributed by atoms with E-state index in [1.807, 2.05) is 18.9 Å². The Morgan fingerprint density at radius 3 is 2.92 bits per heavy atom. The molecule has 0 aromatic carbocycles. The van der Waals surface area contributed by atoms with Gasteiger partial charge >= 0.3 is 0 Å². The minimum Gasteiger partial charge on any atom is -0.394 e. The van der Waals surface area contributed by atoms with Gasteiger partial charge in [0.25, 0.3) is 0 Å². The van der Waals surface area contributed by atoms with Crippen molar-refractivity contribution in [3.8, 4) is 0 Å². The van der Waals surface area contributed by atoms with Crippen LogP contribution in [0.5, 0.6) is 0 Å². The molecule has 0 aliphatic heterocycles. The molecule has 1 unspecified atom stereocenters. The van der Waals surface area contributed by atoms with Gasteiger partial charge in [0, 0.05) is 7.05 Å². The van der Waals surface area contributed by atoms with Crippen molar-refractivity contribution in [2.24, 2.45) is 0 Å².